The van der Waals surface area contributed by atoms with Crippen LogP contribution in [-0.4, -0.2) is 26.2 Å². The van der Waals surface area contributed by atoms with Gasteiger partial charge < -0.3 is 10.1 Å². The van der Waals surface area contributed by atoms with Crippen LogP contribution in [0.1, 0.15) is 20.3 Å². The number of esters is 1. The van der Waals surface area contributed by atoms with Gasteiger partial charge in [-0.25, -0.2) is 0 Å². The van der Waals surface area contributed by atoms with Crippen LogP contribution in [0.5, 0.6) is 0 Å². The Bertz CT molecular complexity index is 173. The molecule has 0 aromatic carbocycles. The number of hydrogen-bond acceptors (Lipinski definition) is 3. The third kappa shape index (κ3) is 1.97. The molecule has 0 radical (unpaired) electrons. The van der Waals surface area contributed by atoms with Gasteiger partial charge in [-0.05, 0) is 39.3 Å². The Morgan fingerprint density at radius 2 is 2.17 bits per heavy atom. The molecule has 0 saturated carbocycles. The average molecular weight is 171 g/mol. The SMILES string of the molecule is COC(=O)C(C)(C)CC1CNC1. The second kappa shape index (κ2) is 3.44. The monoisotopic (exact) mass is 171 g/mol. The van der Waals surface area contributed by atoms with Gasteiger partial charge in [-0.3, -0.25) is 4.79 Å². The largest absolute Gasteiger partial charge is 0.469 e. The highest BCUT2D eigenvalue weighted by Crippen LogP contribution is 2.28. The number of ether oxygens (including phenoxy) is 1. The van der Waals surface area contributed by atoms with Crippen LogP contribution in [0, 0.1) is 11.3 Å². The van der Waals surface area contributed by atoms with Gasteiger partial charge in [0.25, 0.3) is 0 Å². The fourth-order valence-corrected chi connectivity index (χ4v) is 1.57. The zero-order valence-electron chi connectivity index (χ0n) is 8.02. The van der Waals surface area contributed by atoms with Gasteiger partial charge in [-0.1, -0.05) is 0 Å². The van der Waals surface area contributed by atoms with E-state index in [9.17, 15) is 4.79 Å². The zero-order chi connectivity index (χ0) is 9.19. The van der Waals surface area contributed by atoms with Crippen molar-refractivity contribution in [1.82, 2.24) is 5.32 Å². The van der Waals surface area contributed by atoms with E-state index in [-0.39, 0.29) is 11.4 Å². The Labute approximate surface area is 73.5 Å². The molecular formula is C9H17NO2. The summed E-state index contributed by atoms with van der Waals surface area (Å²) in [6.07, 6.45) is 0.923. The maximum absolute atomic E-state index is 11.3. The lowest BCUT2D eigenvalue weighted by molar-refractivity contribution is -0.152. The molecule has 1 fully saturated rings. The minimum atomic E-state index is -0.318. The molecule has 70 valence electrons. The molecule has 12 heavy (non-hydrogen) atoms. The molecule has 1 N–H and O–H groups in total. The van der Waals surface area contributed by atoms with E-state index >= 15 is 0 Å². The number of carbonyl (C=O) groups excluding carboxylic acids is 1. The first kappa shape index (κ1) is 9.52. The minimum Gasteiger partial charge on any atom is -0.469 e. The Morgan fingerprint density at radius 1 is 1.58 bits per heavy atom. The second-order valence-corrected chi connectivity index (χ2v) is 4.10. The van der Waals surface area contributed by atoms with Crippen molar-refractivity contribution in [1.29, 1.82) is 0 Å². The van der Waals surface area contributed by atoms with E-state index in [0.717, 1.165) is 19.5 Å². The van der Waals surface area contributed by atoms with Crippen LogP contribution in [0.2, 0.25) is 0 Å². The van der Waals surface area contributed by atoms with Gasteiger partial charge in [0.2, 0.25) is 0 Å². The number of methoxy groups -OCH3 is 1. The number of rotatable bonds is 3. The topological polar surface area (TPSA) is 38.3 Å². The smallest absolute Gasteiger partial charge is 0.311 e. The molecule has 1 heterocycles. The lowest BCUT2D eigenvalue weighted by atomic mass is 9.80. The van der Waals surface area contributed by atoms with Gasteiger partial charge in [0.05, 0.1) is 12.5 Å². The highest BCUT2D eigenvalue weighted by molar-refractivity contribution is 5.75. The van der Waals surface area contributed by atoms with Crippen molar-refractivity contribution in [3.05, 3.63) is 0 Å². The summed E-state index contributed by atoms with van der Waals surface area (Å²) in [6, 6.07) is 0. The molecule has 3 heteroatoms. The molecule has 0 amide bonds. The predicted molar refractivity (Wildman–Crippen MR) is 46.8 cm³/mol. The summed E-state index contributed by atoms with van der Waals surface area (Å²) < 4.78 is 4.73. The van der Waals surface area contributed by atoms with Crippen LogP contribution in [0.15, 0.2) is 0 Å². The van der Waals surface area contributed by atoms with E-state index in [0.29, 0.717) is 5.92 Å². The maximum atomic E-state index is 11.3. The first-order valence-corrected chi connectivity index (χ1v) is 4.35. The number of nitrogens with one attached hydrogen (secondary N) is 1. The summed E-state index contributed by atoms with van der Waals surface area (Å²) in [6.45, 7) is 5.97. The summed E-state index contributed by atoms with van der Waals surface area (Å²) in [5.74, 6) is 0.550. The quantitative estimate of drug-likeness (QED) is 0.638. The number of hydrogen-bond donors (Lipinski definition) is 1. The van der Waals surface area contributed by atoms with Crippen molar-refractivity contribution in [3.63, 3.8) is 0 Å². The molecule has 0 aromatic rings. The van der Waals surface area contributed by atoms with Crippen molar-refractivity contribution in [2.45, 2.75) is 20.3 Å². The molecule has 3 nitrogen and oxygen atoms in total. The van der Waals surface area contributed by atoms with Crippen molar-refractivity contribution < 1.29 is 9.53 Å². The van der Waals surface area contributed by atoms with E-state index < -0.39 is 0 Å². The molecule has 1 rings (SSSR count). The minimum absolute atomic E-state index is 0.102. The Kier molecular flexibility index (Phi) is 2.73. The van der Waals surface area contributed by atoms with Crippen LogP contribution in [0.25, 0.3) is 0 Å². The van der Waals surface area contributed by atoms with Gasteiger partial charge in [-0.15, -0.1) is 0 Å². The molecular weight excluding hydrogens is 154 g/mol. The molecule has 0 aromatic heterocycles. The summed E-state index contributed by atoms with van der Waals surface area (Å²) in [4.78, 5) is 11.3. The molecule has 1 aliphatic heterocycles. The molecule has 1 saturated heterocycles. The molecule has 0 bridgehead atoms. The van der Waals surface area contributed by atoms with E-state index in [1.54, 1.807) is 0 Å². The van der Waals surface area contributed by atoms with Crippen molar-refractivity contribution in [3.8, 4) is 0 Å². The Hall–Kier alpha value is -0.570. The Balaban J connectivity index is 2.40. The van der Waals surface area contributed by atoms with Crippen LogP contribution >= 0.6 is 0 Å². The fraction of sp³-hybridized carbons (Fsp3) is 0.889. The standard InChI is InChI=1S/C9H17NO2/c1-9(2,8(11)12-3)4-7-5-10-6-7/h7,10H,4-6H2,1-3H3. The molecule has 0 aliphatic carbocycles. The molecule has 0 unspecified atom stereocenters. The maximum Gasteiger partial charge on any atom is 0.311 e. The highest BCUT2D eigenvalue weighted by atomic mass is 16.5. The highest BCUT2D eigenvalue weighted by Gasteiger charge is 2.33. The summed E-state index contributed by atoms with van der Waals surface area (Å²) >= 11 is 0. The van der Waals surface area contributed by atoms with Crippen molar-refractivity contribution in [2.24, 2.45) is 11.3 Å². The second-order valence-electron chi connectivity index (χ2n) is 4.10. The summed E-state index contributed by atoms with van der Waals surface area (Å²) in [5.41, 5.74) is -0.318. The summed E-state index contributed by atoms with van der Waals surface area (Å²) in [5, 5.41) is 3.19. The van der Waals surface area contributed by atoms with E-state index in [4.69, 9.17) is 4.74 Å². The lowest BCUT2D eigenvalue weighted by Gasteiger charge is -2.33. The lowest BCUT2D eigenvalue weighted by Crippen LogP contribution is -2.45. The van der Waals surface area contributed by atoms with Crippen LogP contribution < -0.4 is 5.32 Å². The van der Waals surface area contributed by atoms with E-state index in [2.05, 4.69) is 5.32 Å². The van der Waals surface area contributed by atoms with Crippen LogP contribution in [-0.2, 0) is 9.53 Å². The van der Waals surface area contributed by atoms with Gasteiger partial charge in [0.15, 0.2) is 0 Å². The van der Waals surface area contributed by atoms with E-state index in [1.165, 1.54) is 7.11 Å². The summed E-state index contributed by atoms with van der Waals surface area (Å²) in [7, 11) is 1.45. The first-order chi connectivity index (χ1) is 5.56. The normalized spacial score (nSPS) is 18.6. The Morgan fingerprint density at radius 3 is 2.50 bits per heavy atom. The van der Waals surface area contributed by atoms with Crippen molar-refractivity contribution >= 4 is 5.97 Å². The van der Waals surface area contributed by atoms with E-state index in [1.807, 2.05) is 13.8 Å². The third-order valence-electron chi connectivity index (χ3n) is 2.40. The molecule has 0 spiro atoms. The van der Waals surface area contributed by atoms with Crippen LogP contribution in [0.4, 0.5) is 0 Å². The van der Waals surface area contributed by atoms with Gasteiger partial charge >= 0.3 is 5.97 Å². The molecule has 1 aliphatic rings. The first-order valence-electron chi connectivity index (χ1n) is 4.35. The van der Waals surface area contributed by atoms with Gasteiger partial charge in [0, 0.05) is 0 Å². The molecule has 0 atom stereocenters. The van der Waals surface area contributed by atoms with Crippen LogP contribution in [0.3, 0.4) is 0 Å². The van der Waals surface area contributed by atoms with Gasteiger partial charge in [0.1, 0.15) is 0 Å². The van der Waals surface area contributed by atoms with Crippen molar-refractivity contribution in [2.75, 3.05) is 20.2 Å². The number of carbonyl (C=O) groups is 1. The third-order valence-corrected chi connectivity index (χ3v) is 2.40. The predicted octanol–water partition coefficient (Wildman–Crippen LogP) is 0.795. The fourth-order valence-electron chi connectivity index (χ4n) is 1.57. The average Bonchev–Trinajstić information content (AvgIpc) is 1.95. The van der Waals surface area contributed by atoms with Gasteiger partial charge in [-0.2, -0.15) is 0 Å². The zero-order valence-corrected chi connectivity index (χ0v) is 8.02.